The molecule has 0 amide bonds. The Morgan fingerprint density at radius 1 is 1.46 bits per heavy atom. The van der Waals surface area contributed by atoms with Gasteiger partial charge >= 0.3 is 0 Å². The number of aromatic hydroxyl groups is 2. The first-order valence-corrected chi connectivity index (χ1v) is 4.17. The lowest BCUT2D eigenvalue weighted by molar-refractivity contribution is 0.0988. The van der Waals surface area contributed by atoms with Crippen LogP contribution in [0.15, 0.2) is 18.2 Å². The van der Waals surface area contributed by atoms with Crippen LogP contribution in [0, 0.1) is 0 Å². The molecular weight excluding hydrogens is 192 g/mol. The zero-order chi connectivity index (χ0) is 10.0. The van der Waals surface area contributed by atoms with Crippen LogP contribution < -0.4 is 0 Å². The SMILES string of the molecule is CC(Cl)C(=O)c1cccc(O)c1O. The lowest BCUT2D eigenvalue weighted by atomic mass is 10.1. The van der Waals surface area contributed by atoms with E-state index in [1.165, 1.54) is 25.1 Å². The quantitative estimate of drug-likeness (QED) is 0.436. The van der Waals surface area contributed by atoms with E-state index in [0.717, 1.165) is 0 Å². The maximum atomic E-state index is 11.3. The number of carbonyl (C=O) groups excluding carboxylic acids is 1. The van der Waals surface area contributed by atoms with Crippen molar-refractivity contribution in [2.45, 2.75) is 12.3 Å². The minimum Gasteiger partial charge on any atom is -0.504 e. The molecule has 0 saturated carbocycles. The monoisotopic (exact) mass is 200 g/mol. The van der Waals surface area contributed by atoms with Crippen LogP contribution >= 0.6 is 11.6 Å². The maximum absolute atomic E-state index is 11.3. The van der Waals surface area contributed by atoms with Gasteiger partial charge in [0.2, 0.25) is 0 Å². The van der Waals surface area contributed by atoms with Crippen molar-refractivity contribution in [2.75, 3.05) is 0 Å². The van der Waals surface area contributed by atoms with Crippen LogP contribution in [0.4, 0.5) is 0 Å². The summed E-state index contributed by atoms with van der Waals surface area (Å²) >= 11 is 5.54. The fraction of sp³-hybridized carbons (Fsp3) is 0.222. The molecule has 0 radical (unpaired) electrons. The molecule has 3 nitrogen and oxygen atoms in total. The van der Waals surface area contributed by atoms with Gasteiger partial charge in [-0.25, -0.2) is 0 Å². The molecule has 13 heavy (non-hydrogen) atoms. The van der Waals surface area contributed by atoms with Gasteiger partial charge in [-0.1, -0.05) is 6.07 Å². The summed E-state index contributed by atoms with van der Waals surface area (Å²) in [5.41, 5.74) is 0.0440. The van der Waals surface area contributed by atoms with Crippen LogP contribution in [0.25, 0.3) is 0 Å². The molecule has 2 N–H and O–H groups in total. The largest absolute Gasteiger partial charge is 0.504 e. The smallest absolute Gasteiger partial charge is 0.184 e. The molecule has 1 rings (SSSR count). The van der Waals surface area contributed by atoms with Gasteiger partial charge in [-0.15, -0.1) is 11.6 Å². The van der Waals surface area contributed by atoms with Crippen LogP contribution in [-0.4, -0.2) is 21.4 Å². The average molecular weight is 201 g/mol. The Labute approximate surface area is 80.6 Å². The Bertz CT molecular complexity index is 334. The molecule has 0 saturated heterocycles. The highest BCUT2D eigenvalue weighted by molar-refractivity contribution is 6.34. The van der Waals surface area contributed by atoms with E-state index in [0.29, 0.717) is 0 Å². The average Bonchev–Trinajstić information content (AvgIpc) is 2.08. The fourth-order valence-electron chi connectivity index (χ4n) is 0.944. The summed E-state index contributed by atoms with van der Waals surface area (Å²) in [4.78, 5) is 11.3. The molecule has 1 unspecified atom stereocenters. The highest BCUT2D eigenvalue weighted by Crippen LogP contribution is 2.29. The van der Waals surface area contributed by atoms with Gasteiger partial charge < -0.3 is 10.2 Å². The van der Waals surface area contributed by atoms with E-state index in [9.17, 15) is 9.90 Å². The normalized spacial score (nSPS) is 12.5. The van der Waals surface area contributed by atoms with E-state index >= 15 is 0 Å². The van der Waals surface area contributed by atoms with E-state index in [-0.39, 0.29) is 11.3 Å². The van der Waals surface area contributed by atoms with E-state index in [1.807, 2.05) is 0 Å². The number of carbonyl (C=O) groups is 1. The van der Waals surface area contributed by atoms with Gasteiger partial charge in [0.25, 0.3) is 0 Å². The van der Waals surface area contributed by atoms with Crippen molar-refractivity contribution in [1.29, 1.82) is 0 Å². The molecule has 0 fully saturated rings. The van der Waals surface area contributed by atoms with Gasteiger partial charge in [0, 0.05) is 0 Å². The van der Waals surface area contributed by atoms with E-state index in [2.05, 4.69) is 0 Å². The van der Waals surface area contributed by atoms with Crippen molar-refractivity contribution in [3.05, 3.63) is 23.8 Å². The molecule has 1 atom stereocenters. The number of alkyl halides is 1. The minimum absolute atomic E-state index is 0.0440. The van der Waals surface area contributed by atoms with Gasteiger partial charge in [-0.05, 0) is 19.1 Å². The number of phenols is 2. The summed E-state index contributed by atoms with van der Waals surface area (Å²) < 4.78 is 0. The first-order chi connectivity index (χ1) is 6.04. The second-order valence-electron chi connectivity index (χ2n) is 2.65. The third-order valence-corrected chi connectivity index (χ3v) is 1.84. The molecule has 0 aliphatic carbocycles. The second kappa shape index (κ2) is 3.66. The van der Waals surface area contributed by atoms with Crippen molar-refractivity contribution in [3.8, 4) is 11.5 Å². The molecule has 0 aliphatic rings. The first kappa shape index (κ1) is 9.86. The lowest BCUT2D eigenvalue weighted by Crippen LogP contribution is -2.10. The summed E-state index contributed by atoms with van der Waals surface area (Å²) in [7, 11) is 0. The number of rotatable bonds is 2. The van der Waals surface area contributed by atoms with E-state index in [1.54, 1.807) is 0 Å². The summed E-state index contributed by atoms with van der Waals surface area (Å²) in [5, 5.41) is 17.7. The summed E-state index contributed by atoms with van der Waals surface area (Å²) in [5.74, 6) is -1.14. The Kier molecular flexibility index (Phi) is 2.78. The fourth-order valence-corrected chi connectivity index (χ4v) is 1.06. The zero-order valence-corrected chi connectivity index (χ0v) is 7.75. The van der Waals surface area contributed by atoms with Crippen LogP contribution in [0.2, 0.25) is 0 Å². The van der Waals surface area contributed by atoms with Crippen molar-refractivity contribution < 1.29 is 15.0 Å². The molecular formula is C9H9ClO3. The molecule has 1 aromatic rings. The molecule has 1 aromatic carbocycles. The van der Waals surface area contributed by atoms with Gasteiger partial charge in [0.1, 0.15) is 0 Å². The predicted octanol–water partition coefficient (Wildman–Crippen LogP) is 1.91. The Morgan fingerprint density at radius 2 is 2.08 bits per heavy atom. The van der Waals surface area contributed by atoms with Crippen molar-refractivity contribution in [2.24, 2.45) is 0 Å². The molecule has 0 aromatic heterocycles. The lowest BCUT2D eigenvalue weighted by Gasteiger charge is -2.05. The topological polar surface area (TPSA) is 57.5 Å². The third-order valence-electron chi connectivity index (χ3n) is 1.64. The first-order valence-electron chi connectivity index (χ1n) is 3.73. The van der Waals surface area contributed by atoms with Gasteiger partial charge in [-0.2, -0.15) is 0 Å². The predicted molar refractivity (Wildman–Crippen MR) is 49.4 cm³/mol. The molecule has 0 heterocycles. The number of hydrogen-bond acceptors (Lipinski definition) is 3. The van der Waals surface area contributed by atoms with Crippen LogP contribution in [0.3, 0.4) is 0 Å². The number of halogens is 1. The Morgan fingerprint density at radius 3 is 2.62 bits per heavy atom. The van der Waals surface area contributed by atoms with Crippen LogP contribution in [0.5, 0.6) is 11.5 Å². The summed E-state index contributed by atoms with van der Waals surface area (Å²) in [6.45, 7) is 1.51. The number of Topliss-reactive ketones (excluding diaryl/α,β-unsaturated/α-hetero) is 1. The van der Waals surface area contributed by atoms with Crippen LogP contribution in [0.1, 0.15) is 17.3 Å². The highest BCUT2D eigenvalue weighted by atomic mass is 35.5. The van der Waals surface area contributed by atoms with Gasteiger partial charge in [0.05, 0.1) is 10.9 Å². The van der Waals surface area contributed by atoms with Crippen molar-refractivity contribution >= 4 is 17.4 Å². The Hall–Kier alpha value is -1.22. The van der Waals surface area contributed by atoms with Crippen molar-refractivity contribution in [3.63, 3.8) is 0 Å². The third kappa shape index (κ3) is 1.92. The summed E-state index contributed by atoms with van der Waals surface area (Å²) in [6.07, 6.45) is 0. The molecule has 0 aliphatic heterocycles. The molecule has 0 spiro atoms. The second-order valence-corrected chi connectivity index (χ2v) is 3.31. The van der Waals surface area contributed by atoms with Gasteiger partial charge in [-0.3, -0.25) is 4.79 Å². The highest BCUT2D eigenvalue weighted by Gasteiger charge is 2.17. The van der Waals surface area contributed by atoms with Crippen molar-refractivity contribution in [1.82, 2.24) is 0 Å². The molecule has 0 bridgehead atoms. The van der Waals surface area contributed by atoms with E-state index < -0.39 is 16.9 Å². The standard InChI is InChI=1S/C9H9ClO3/c1-5(10)8(12)6-3-2-4-7(11)9(6)13/h2-5,11,13H,1H3. The zero-order valence-electron chi connectivity index (χ0n) is 6.99. The number of phenolic OH excluding ortho intramolecular Hbond substituents is 2. The molecule has 4 heteroatoms. The van der Waals surface area contributed by atoms with Gasteiger partial charge in [0.15, 0.2) is 17.3 Å². The summed E-state index contributed by atoms with van der Waals surface area (Å²) in [6, 6.07) is 4.18. The number of hydrogen-bond donors (Lipinski definition) is 2. The minimum atomic E-state index is -0.715. The van der Waals surface area contributed by atoms with E-state index in [4.69, 9.17) is 16.7 Å². The number of para-hydroxylation sites is 1. The maximum Gasteiger partial charge on any atom is 0.184 e. The Balaban J connectivity index is 3.15. The van der Waals surface area contributed by atoms with Crippen LogP contribution in [-0.2, 0) is 0 Å². The number of ketones is 1. The molecule has 70 valence electrons. The number of benzene rings is 1.